The highest BCUT2D eigenvalue weighted by molar-refractivity contribution is 7.89. The summed E-state index contributed by atoms with van der Waals surface area (Å²) >= 11 is 0. The molecule has 1 heterocycles. The molecular weight excluding hydrogens is 266 g/mol. The molecule has 0 aliphatic rings. The summed E-state index contributed by atoms with van der Waals surface area (Å²) in [6, 6.07) is 9.39. The largest absolute Gasteiger partial charge is 0.494 e. The molecule has 0 bridgehead atoms. The molecule has 0 aliphatic heterocycles. The molecule has 19 heavy (non-hydrogen) atoms. The minimum atomic E-state index is -3.49. The van der Waals surface area contributed by atoms with Crippen LogP contribution in [0.1, 0.15) is 6.42 Å². The molecule has 2 aromatic rings. The van der Waals surface area contributed by atoms with Gasteiger partial charge in [0, 0.05) is 6.54 Å². The normalized spacial score (nSPS) is 11.4. The van der Waals surface area contributed by atoms with Gasteiger partial charge in [0.1, 0.15) is 5.75 Å². The summed E-state index contributed by atoms with van der Waals surface area (Å²) in [5.41, 5.74) is 0. The number of H-pyrrole nitrogens is 1. The molecule has 1 aromatic carbocycles. The third-order valence-corrected chi connectivity index (χ3v) is 3.77. The molecule has 0 unspecified atom stereocenters. The van der Waals surface area contributed by atoms with Crippen molar-refractivity contribution in [2.75, 3.05) is 13.2 Å². The second kappa shape index (κ2) is 6.35. The van der Waals surface area contributed by atoms with E-state index >= 15 is 0 Å². The van der Waals surface area contributed by atoms with Crippen LogP contribution < -0.4 is 9.46 Å². The first kappa shape index (κ1) is 13.6. The van der Waals surface area contributed by atoms with E-state index in [0.717, 1.165) is 5.75 Å². The van der Waals surface area contributed by atoms with Crippen molar-refractivity contribution in [1.29, 1.82) is 0 Å². The molecule has 0 amide bonds. The Morgan fingerprint density at radius 2 is 2.05 bits per heavy atom. The zero-order valence-corrected chi connectivity index (χ0v) is 11.1. The second-order valence-electron chi connectivity index (χ2n) is 3.83. The number of ether oxygens (including phenoxy) is 1. The zero-order chi connectivity index (χ0) is 13.6. The fraction of sp³-hybridized carbons (Fsp3) is 0.250. The van der Waals surface area contributed by atoms with Crippen molar-refractivity contribution in [3.05, 3.63) is 42.9 Å². The lowest BCUT2D eigenvalue weighted by molar-refractivity contribution is 0.311. The summed E-state index contributed by atoms with van der Waals surface area (Å²) in [7, 11) is -3.49. The standard InChI is InChI=1S/C12H15N3O3S/c16-19(17,12-9-13-10-14-12)15-7-4-8-18-11-5-2-1-3-6-11/h1-3,5-6,9-10,15H,4,7-8H2,(H,13,14). The molecule has 2 rings (SSSR count). The SMILES string of the molecule is O=S(=O)(NCCCOc1ccccc1)c1cnc[nH]1. The Morgan fingerprint density at radius 3 is 2.74 bits per heavy atom. The highest BCUT2D eigenvalue weighted by atomic mass is 32.2. The predicted molar refractivity (Wildman–Crippen MR) is 70.3 cm³/mol. The fourth-order valence-electron chi connectivity index (χ4n) is 1.45. The molecule has 0 fully saturated rings. The lowest BCUT2D eigenvalue weighted by atomic mass is 10.3. The number of imidazole rings is 1. The van der Waals surface area contributed by atoms with Crippen molar-refractivity contribution in [2.45, 2.75) is 11.4 Å². The Hall–Kier alpha value is -1.86. The average molecular weight is 281 g/mol. The number of nitrogens with one attached hydrogen (secondary N) is 2. The smallest absolute Gasteiger partial charge is 0.257 e. The Morgan fingerprint density at radius 1 is 1.26 bits per heavy atom. The first-order valence-electron chi connectivity index (χ1n) is 5.84. The number of sulfonamides is 1. The van der Waals surface area contributed by atoms with Crippen molar-refractivity contribution >= 4 is 10.0 Å². The summed E-state index contributed by atoms with van der Waals surface area (Å²) in [5.74, 6) is 0.777. The Labute approximate surface area is 111 Å². The predicted octanol–water partition coefficient (Wildman–Crippen LogP) is 1.16. The third-order valence-electron chi connectivity index (χ3n) is 2.39. The van der Waals surface area contributed by atoms with Crippen LogP contribution in [0.5, 0.6) is 5.75 Å². The van der Waals surface area contributed by atoms with Crippen molar-refractivity contribution in [1.82, 2.24) is 14.7 Å². The van der Waals surface area contributed by atoms with Gasteiger partial charge in [-0.25, -0.2) is 18.1 Å². The molecule has 0 spiro atoms. The van der Waals surface area contributed by atoms with Gasteiger partial charge in [-0.1, -0.05) is 18.2 Å². The van der Waals surface area contributed by atoms with Crippen LogP contribution >= 0.6 is 0 Å². The molecular formula is C12H15N3O3S. The molecule has 0 saturated heterocycles. The van der Waals surface area contributed by atoms with E-state index in [4.69, 9.17) is 4.74 Å². The van der Waals surface area contributed by atoms with Gasteiger partial charge in [0.2, 0.25) is 0 Å². The minimum Gasteiger partial charge on any atom is -0.494 e. The molecule has 0 aliphatic carbocycles. The molecule has 7 heteroatoms. The Kier molecular flexibility index (Phi) is 4.53. The molecule has 0 radical (unpaired) electrons. The van der Waals surface area contributed by atoms with Crippen LogP contribution in [0.2, 0.25) is 0 Å². The highest BCUT2D eigenvalue weighted by Gasteiger charge is 2.13. The number of hydrogen-bond donors (Lipinski definition) is 2. The van der Waals surface area contributed by atoms with Gasteiger partial charge >= 0.3 is 0 Å². The first-order chi connectivity index (χ1) is 9.18. The topological polar surface area (TPSA) is 84.1 Å². The van der Waals surface area contributed by atoms with E-state index in [2.05, 4.69) is 14.7 Å². The van der Waals surface area contributed by atoms with Crippen LogP contribution in [0, 0.1) is 0 Å². The van der Waals surface area contributed by atoms with E-state index in [1.807, 2.05) is 30.3 Å². The number of aromatic amines is 1. The van der Waals surface area contributed by atoms with E-state index in [0.29, 0.717) is 19.6 Å². The van der Waals surface area contributed by atoms with Crippen LogP contribution in [0.15, 0.2) is 47.9 Å². The van der Waals surface area contributed by atoms with Gasteiger partial charge in [0.15, 0.2) is 5.03 Å². The monoisotopic (exact) mass is 281 g/mol. The van der Waals surface area contributed by atoms with Crippen LogP contribution in [-0.4, -0.2) is 31.5 Å². The van der Waals surface area contributed by atoms with Crippen molar-refractivity contribution in [3.8, 4) is 5.75 Å². The number of para-hydroxylation sites is 1. The van der Waals surface area contributed by atoms with Crippen LogP contribution in [-0.2, 0) is 10.0 Å². The number of benzene rings is 1. The molecule has 6 nitrogen and oxygen atoms in total. The van der Waals surface area contributed by atoms with Gasteiger partial charge < -0.3 is 9.72 Å². The minimum absolute atomic E-state index is 0.0662. The van der Waals surface area contributed by atoms with E-state index < -0.39 is 10.0 Å². The van der Waals surface area contributed by atoms with Crippen LogP contribution in [0.4, 0.5) is 0 Å². The molecule has 2 N–H and O–H groups in total. The van der Waals surface area contributed by atoms with Crippen LogP contribution in [0.25, 0.3) is 0 Å². The van der Waals surface area contributed by atoms with Crippen molar-refractivity contribution in [3.63, 3.8) is 0 Å². The molecule has 0 saturated carbocycles. The summed E-state index contributed by atoms with van der Waals surface area (Å²) < 4.78 is 31.3. The summed E-state index contributed by atoms with van der Waals surface area (Å²) in [6.07, 6.45) is 3.18. The van der Waals surface area contributed by atoms with Gasteiger partial charge in [-0.05, 0) is 18.6 Å². The number of rotatable bonds is 7. The Balaban J connectivity index is 1.70. The second-order valence-corrected chi connectivity index (χ2v) is 5.56. The number of aromatic nitrogens is 2. The first-order valence-corrected chi connectivity index (χ1v) is 7.33. The van der Waals surface area contributed by atoms with Crippen molar-refractivity contribution in [2.24, 2.45) is 0 Å². The zero-order valence-electron chi connectivity index (χ0n) is 10.2. The van der Waals surface area contributed by atoms with Gasteiger partial charge in [-0.2, -0.15) is 0 Å². The van der Waals surface area contributed by atoms with E-state index in [1.165, 1.54) is 12.5 Å². The lowest BCUT2D eigenvalue weighted by Crippen LogP contribution is -2.26. The van der Waals surface area contributed by atoms with E-state index in [9.17, 15) is 8.42 Å². The molecule has 1 aromatic heterocycles. The molecule has 0 atom stereocenters. The molecule has 102 valence electrons. The Bertz CT molecular complexity index is 582. The maximum atomic E-state index is 11.7. The average Bonchev–Trinajstić information content (AvgIpc) is 2.94. The summed E-state index contributed by atoms with van der Waals surface area (Å²) in [4.78, 5) is 6.22. The van der Waals surface area contributed by atoms with Crippen LogP contribution in [0.3, 0.4) is 0 Å². The quantitative estimate of drug-likeness (QED) is 0.746. The van der Waals surface area contributed by atoms with Gasteiger partial charge in [-0.15, -0.1) is 0 Å². The fourth-order valence-corrected chi connectivity index (χ4v) is 2.43. The van der Waals surface area contributed by atoms with Crippen molar-refractivity contribution < 1.29 is 13.2 Å². The van der Waals surface area contributed by atoms with E-state index in [1.54, 1.807) is 0 Å². The third kappa shape index (κ3) is 4.08. The van der Waals surface area contributed by atoms with Gasteiger partial charge in [0.05, 0.1) is 19.1 Å². The van der Waals surface area contributed by atoms with E-state index in [-0.39, 0.29) is 5.03 Å². The maximum Gasteiger partial charge on any atom is 0.257 e. The van der Waals surface area contributed by atoms with Gasteiger partial charge in [-0.3, -0.25) is 0 Å². The number of nitrogens with zero attached hydrogens (tertiary/aromatic N) is 1. The lowest BCUT2D eigenvalue weighted by Gasteiger charge is -2.06. The maximum absolute atomic E-state index is 11.7. The summed E-state index contributed by atoms with van der Waals surface area (Å²) in [5, 5.41) is 0.0662. The highest BCUT2D eigenvalue weighted by Crippen LogP contribution is 2.08. The number of hydrogen-bond acceptors (Lipinski definition) is 4. The van der Waals surface area contributed by atoms with Gasteiger partial charge in [0.25, 0.3) is 10.0 Å². The summed E-state index contributed by atoms with van der Waals surface area (Å²) in [6.45, 7) is 0.768.